The molecule has 4 N–H and O–H groups in total. The molecule has 0 radical (unpaired) electrons. The van der Waals surface area contributed by atoms with Crippen LogP contribution < -0.4 is 20.7 Å². The Labute approximate surface area is 245 Å². The normalized spacial score (nSPS) is 12.3. The number of ether oxygens (including phenoxy) is 1. The van der Waals surface area contributed by atoms with Gasteiger partial charge in [-0.25, -0.2) is 14.1 Å². The van der Waals surface area contributed by atoms with Gasteiger partial charge in [-0.05, 0) is 91.1 Å². The average molecular weight is 603 g/mol. The van der Waals surface area contributed by atoms with Gasteiger partial charge in [-0.3, -0.25) is 5.32 Å². The smallest absolute Gasteiger partial charge is 0.406 e. The van der Waals surface area contributed by atoms with E-state index >= 15 is 0 Å². The SMILES string of the molecule is CC(C)c1cc(F)ccc1NC(=S)NC(O)NCCCc1ccc(-c2ncn(-c3ccc(OC(F)(F)F)cc3)n2)cc1. The van der Waals surface area contributed by atoms with Crippen molar-refractivity contribution < 1.29 is 27.4 Å². The van der Waals surface area contributed by atoms with E-state index in [4.69, 9.17) is 12.2 Å². The van der Waals surface area contributed by atoms with Crippen LogP contribution in [0.2, 0.25) is 0 Å². The molecule has 222 valence electrons. The Morgan fingerprint density at radius 1 is 1.05 bits per heavy atom. The third-order valence-corrected chi connectivity index (χ3v) is 6.39. The number of benzene rings is 3. The number of alkyl halides is 3. The molecule has 0 bridgehead atoms. The van der Waals surface area contributed by atoms with Gasteiger partial charge in [-0.1, -0.05) is 38.1 Å². The van der Waals surface area contributed by atoms with Crippen LogP contribution in [0, 0.1) is 5.82 Å². The number of aryl methyl sites for hydroxylation is 1. The van der Waals surface area contributed by atoms with Crippen molar-refractivity contribution in [3.63, 3.8) is 0 Å². The molecule has 4 aromatic rings. The van der Waals surface area contributed by atoms with Crippen LogP contribution in [-0.4, -0.2) is 44.2 Å². The zero-order chi connectivity index (χ0) is 30.3. The largest absolute Gasteiger partial charge is 0.573 e. The van der Waals surface area contributed by atoms with E-state index in [2.05, 4.69) is 30.8 Å². The molecule has 4 rings (SSSR count). The molecular formula is C29H30F4N6O2S. The first kappa shape index (κ1) is 30.9. The molecule has 1 heterocycles. The van der Waals surface area contributed by atoms with Gasteiger partial charge in [0.1, 0.15) is 17.9 Å². The Kier molecular flexibility index (Phi) is 10.1. The Bertz CT molecular complexity index is 1480. The summed E-state index contributed by atoms with van der Waals surface area (Å²) in [7, 11) is 0. The monoisotopic (exact) mass is 602 g/mol. The van der Waals surface area contributed by atoms with E-state index in [1.165, 1.54) is 47.4 Å². The first-order valence-corrected chi connectivity index (χ1v) is 13.5. The van der Waals surface area contributed by atoms with Gasteiger partial charge in [0.25, 0.3) is 0 Å². The molecule has 1 atom stereocenters. The van der Waals surface area contributed by atoms with Crippen LogP contribution in [0.5, 0.6) is 5.75 Å². The first-order valence-electron chi connectivity index (χ1n) is 13.1. The number of thiocarbonyl (C=S) groups is 1. The van der Waals surface area contributed by atoms with Crippen LogP contribution in [-0.2, 0) is 6.42 Å². The number of aliphatic hydroxyl groups excluding tert-OH is 1. The molecule has 1 unspecified atom stereocenters. The maximum Gasteiger partial charge on any atom is 0.573 e. The number of aromatic nitrogens is 3. The average Bonchev–Trinajstić information content (AvgIpc) is 3.42. The molecule has 0 aliphatic heterocycles. The minimum absolute atomic E-state index is 0.0906. The molecule has 0 saturated carbocycles. The molecule has 0 saturated heterocycles. The number of nitrogens with zero attached hydrogens (tertiary/aromatic N) is 3. The lowest BCUT2D eigenvalue weighted by Crippen LogP contribution is -2.47. The molecule has 3 aromatic carbocycles. The van der Waals surface area contributed by atoms with Crippen molar-refractivity contribution in [3.05, 3.63) is 90.0 Å². The summed E-state index contributed by atoms with van der Waals surface area (Å²) in [5, 5.41) is 23.6. The minimum Gasteiger partial charge on any atom is -0.406 e. The van der Waals surface area contributed by atoms with E-state index in [0.717, 1.165) is 29.5 Å². The summed E-state index contributed by atoms with van der Waals surface area (Å²) in [5.41, 5.74) is 3.86. The lowest BCUT2D eigenvalue weighted by atomic mass is 10.0. The van der Waals surface area contributed by atoms with E-state index in [1.807, 2.05) is 38.1 Å². The van der Waals surface area contributed by atoms with Crippen molar-refractivity contribution in [2.24, 2.45) is 0 Å². The number of hydrogen-bond acceptors (Lipinski definition) is 6. The molecule has 0 fully saturated rings. The molecule has 0 aliphatic rings. The van der Waals surface area contributed by atoms with Crippen LogP contribution in [0.25, 0.3) is 17.1 Å². The van der Waals surface area contributed by atoms with Crippen LogP contribution >= 0.6 is 12.2 Å². The summed E-state index contributed by atoms with van der Waals surface area (Å²) >= 11 is 5.28. The maximum absolute atomic E-state index is 13.6. The minimum atomic E-state index is -4.75. The Morgan fingerprint density at radius 2 is 1.76 bits per heavy atom. The lowest BCUT2D eigenvalue weighted by Gasteiger charge is -2.19. The Morgan fingerprint density at radius 3 is 2.43 bits per heavy atom. The summed E-state index contributed by atoms with van der Waals surface area (Å²) < 4.78 is 56.0. The number of aliphatic hydroxyl groups is 1. The number of anilines is 1. The highest BCUT2D eigenvalue weighted by molar-refractivity contribution is 7.80. The predicted molar refractivity (Wildman–Crippen MR) is 156 cm³/mol. The van der Waals surface area contributed by atoms with Gasteiger partial charge >= 0.3 is 6.36 Å². The fourth-order valence-electron chi connectivity index (χ4n) is 4.13. The highest BCUT2D eigenvalue weighted by Gasteiger charge is 2.31. The van der Waals surface area contributed by atoms with Gasteiger partial charge in [-0.15, -0.1) is 18.3 Å². The highest BCUT2D eigenvalue weighted by atomic mass is 32.1. The standard InChI is InChI=1S/C29H30F4N6O2S/c1-18(2)24-16-21(30)9-14-25(24)36-28(42)37-27(40)34-15-3-4-19-5-7-20(8-6-19)26-35-17-39(38-26)22-10-12-23(13-11-22)41-29(31,32)33/h5-14,16-18,27,34,40H,3-4,15H2,1-2H3,(H2,36,37,42). The van der Waals surface area contributed by atoms with Gasteiger partial charge in [0.2, 0.25) is 0 Å². The number of rotatable bonds is 11. The fraction of sp³-hybridized carbons (Fsp3) is 0.276. The topological polar surface area (TPSA) is 96.3 Å². The Balaban J connectivity index is 1.21. The second kappa shape index (κ2) is 13.7. The quantitative estimate of drug-likeness (QED) is 0.0732. The molecule has 13 heteroatoms. The summed E-state index contributed by atoms with van der Waals surface area (Å²) in [5.74, 6) is -0.0742. The maximum atomic E-state index is 13.6. The molecular weight excluding hydrogens is 572 g/mol. The van der Waals surface area contributed by atoms with E-state index in [-0.39, 0.29) is 22.6 Å². The van der Waals surface area contributed by atoms with Crippen molar-refractivity contribution in [1.82, 2.24) is 25.4 Å². The molecule has 8 nitrogen and oxygen atoms in total. The van der Waals surface area contributed by atoms with Crippen molar-refractivity contribution in [3.8, 4) is 22.8 Å². The van der Waals surface area contributed by atoms with Crippen molar-refractivity contribution in [2.75, 3.05) is 11.9 Å². The van der Waals surface area contributed by atoms with Crippen molar-refractivity contribution in [2.45, 2.75) is 45.3 Å². The molecule has 42 heavy (non-hydrogen) atoms. The van der Waals surface area contributed by atoms with Crippen LogP contribution in [0.3, 0.4) is 0 Å². The highest BCUT2D eigenvalue weighted by Crippen LogP contribution is 2.26. The van der Waals surface area contributed by atoms with Crippen molar-refractivity contribution >= 4 is 23.0 Å². The number of nitrogens with one attached hydrogen (secondary N) is 3. The van der Waals surface area contributed by atoms with E-state index < -0.39 is 12.7 Å². The summed E-state index contributed by atoms with van der Waals surface area (Å²) in [6.07, 6.45) is -2.83. The number of hydrogen-bond donors (Lipinski definition) is 4. The molecule has 0 spiro atoms. The summed E-state index contributed by atoms with van der Waals surface area (Å²) in [6.45, 7) is 4.43. The van der Waals surface area contributed by atoms with Crippen LogP contribution in [0.15, 0.2) is 73.1 Å². The summed E-state index contributed by atoms with van der Waals surface area (Å²) in [6, 6.07) is 17.5. The van der Waals surface area contributed by atoms with E-state index in [0.29, 0.717) is 23.7 Å². The van der Waals surface area contributed by atoms with Crippen LogP contribution in [0.4, 0.5) is 23.2 Å². The lowest BCUT2D eigenvalue weighted by molar-refractivity contribution is -0.274. The number of halogens is 4. The third kappa shape index (κ3) is 8.96. The first-order chi connectivity index (χ1) is 20.0. The van der Waals surface area contributed by atoms with Crippen LogP contribution in [0.1, 0.15) is 37.3 Å². The Hall–Kier alpha value is -4.07. The van der Waals surface area contributed by atoms with Crippen molar-refractivity contribution in [1.29, 1.82) is 0 Å². The van der Waals surface area contributed by atoms with Gasteiger partial charge in [0.05, 0.1) is 5.69 Å². The van der Waals surface area contributed by atoms with Gasteiger partial charge in [0, 0.05) is 11.3 Å². The third-order valence-electron chi connectivity index (χ3n) is 6.17. The van der Waals surface area contributed by atoms with E-state index in [1.54, 1.807) is 6.07 Å². The van der Waals surface area contributed by atoms with Gasteiger partial charge in [-0.2, -0.15) is 0 Å². The second-order valence-electron chi connectivity index (χ2n) is 9.70. The van der Waals surface area contributed by atoms with E-state index in [9.17, 15) is 22.7 Å². The summed E-state index contributed by atoms with van der Waals surface area (Å²) in [4.78, 5) is 4.30. The molecule has 1 aromatic heterocycles. The second-order valence-corrected chi connectivity index (χ2v) is 10.1. The van der Waals surface area contributed by atoms with Gasteiger partial charge in [0.15, 0.2) is 17.3 Å². The molecule has 0 amide bonds. The molecule has 0 aliphatic carbocycles. The fourth-order valence-corrected chi connectivity index (χ4v) is 4.35. The zero-order valence-corrected chi connectivity index (χ0v) is 23.6. The van der Waals surface area contributed by atoms with Gasteiger partial charge < -0.3 is 20.5 Å². The zero-order valence-electron chi connectivity index (χ0n) is 22.8. The predicted octanol–water partition coefficient (Wildman–Crippen LogP) is 5.88.